The second kappa shape index (κ2) is 11.1. The van der Waals surface area contributed by atoms with Crippen molar-refractivity contribution in [2.75, 3.05) is 5.32 Å². The third kappa shape index (κ3) is 5.50. The fourth-order valence-electron chi connectivity index (χ4n) is 4.35. The van der Waals surface area contributed by atoms with E-state index in [0.717, 1.165) is 22.2 Å². The fraction of sp³-hybridized carbons (Fsp3) is 0.0667. The Balaban J connectivity index is 1.24. The van der Waals surface area contributed by atoms with Crippen molar-refractivity contribution >= 4 is 28.4 Å². The molecular formula is C30H23N7O4. The Labute approximate surface area is 232 Å². The minimum atomic E-state index is -0.720. The highest BCUT2D eigenvalue weighted by Gasteiger charge is 2.20. The molecular weight excluding hydrogens is 522 g/mol. The van der Waals surface area contributed by atoms with Crippen LogP contribution in [0.25, 0.3) is 33.6 Å². The third-order valence-electron chi connectivity index (χ3n) is 6.34. The minimum absolute atomic E-state index is 0.120. The molecule has 6 rings (SSSR count). The molecule has 0 spiro atoms. The number of aromatic nitrogens is 5. The minimum Gasteiger partial charge on any atom is -0.432 e. The maximum absolute atomic E-state index is 13.5. The lowest BCUT2D eigenvalue weighted by Gasteiger charge is -2.14. The molecule has 202 valence electrons. The molecule has 0 unspecified atom stereocenters. The zero-order chi connectivity index (χ0) is 28.2. The van der Waals surface area contributed by atoms with Gasteiger partial charge in [0, 0.05) is 40.1 Å². The van der Waals surface area contributed by atoms with E-state index in [2.05, 4.69) is 30.6 Å². The lowest BCUT2D eigenvalue weighted by Crippen LogP contribution is -2.35. The van der Waals surface area contributed by atoms with Crippen LogP contribution in [-0.2, 0) is 17.9 Å². The Morgan fingerprint density at radius 3 is 2.41 bits per heavy atom. The van der Waals surface area contributed by atoms with Gasteiger partial charge in [0.25, 0.3) is 11.4 Å². The molecule has 0 saturated carbocycles. The molecule has 6 aromatic rings. The standard InChI is InChI=1S/C30H23N7O4/c38-26(32-15-22-13-21-14-31-12-11-23(21)35-22)18-37-27(20-9-5-2-6-10-20)33-16-24(30(37)40)36-28(39)29-34-17-25(41-29)19-7-3-1-4-8-19/h1-14,16-17,35H,15,18H2,(H,32,38)(H,36,39). The van der Waals surface area contributed by atoms with Gasteiger partial charge in [0.15, 0.2) is 5.76 Å². The maximum Gasteiger partial charge on any atom is 0.311 e. The van der Waals surface area contributed by atoms with Gasteiger partial charge in [-0.1, -0.05) is 60.7 Å². The number of hydrogen-bond acceptors (Lipinski definition) is 7. The quantitative estimate of drug-likeness (QED) is 0.262. The van der Waals surface area contributed by atoms with Crippen LogP contribution in [-0.4, -0.2) is 36.3 Å². The average molecular weight is 546 g/mol. The summed E-state index contributed by atoms with van der Waals surface area (Å²) in [5, 5.41) is 6.28. The molecule has 11 nitrogen and oxygen atoms in total. The maximum atomic E-state index is 13.5. The number of amides is 2. The van der Waals surface area contributed by atoms with Crippen LogP contribution in [0.15, 0.2) is 107 Å². The lowest BCUT2D eigenvalue weighted by atomic mass is 10.2. The predicted molar refractivity (Wildman–Crippen MR) is 152 cm³/mol. The summed E-state index contributed by atoms with van der Waals surface area (Å²) in [5.41, 5.74) is 2.36. The molecule has 4 heterocycles. The van der Waals surface area contributed by atoms with E-state index in [1.54, 1.807) is 36.7 Å². The van der Waals surface area contributed by atoms with Crippen LogP contribution in [0, 0.1) is 0 Å². The summed E-state index contributed by atoms with van der Waals surface area (Å²) in [6, 6.07) is 22.0. The molecule has 11 heteroatoms. The SMILES string of the molecule is O=C(Cn1c(-c2ccccc2)ncc(NC(=O)c2ncc(-c3ccccc3)o2)c1=O)NCc1cc2cnccc2[nH]1. The molecule has 0 radical (unpaired) electrons. The number of fused-ring (bicyclic) bond motifs is 1. The number of anilines is 1. The molecule has 0 fully saturated rings. The van der Waals surface area contributed by atoms with Crippen molar-refractivity contribution in [3.63, 3.8) is 0 Å². The molecule has 0 aliphatic heterocycles. The zero-order valence-electron chi connectivity index (χ0n) is 21.6. The summed E-state index contributed by atoms with van der Waals surface area (Å²) < 4.78 is 6.83. The van der Waals surface area contributed by atoms with Gasteiger partial charge in [0.05, 0.1) is 18.9 Å². The van der Waals surface area contributed by atoms with Crippen molar-refractivity contribution in [2.24, 2.45) is 0 Å². The highest BCUT2D eigenvalue weighted by atomic mass is 16.4. The Morgan fingerprint density at radius 1 is 0.902 bits per heavy atom. The number of hydrogen-bond donors (Lipinski definition) is 3. The van der Waals surface area contributed by atoms with Gasteiger partial charge in [0.1, 0.15) is 18.1 Å². The van der Waals surface area contributed by atoms with Crippen molar-refractivity contribution < 1.29 is 14.0 Å². The number of carbonyl (C=O) groups is 2. The first-order valence-electron chi connectivity index (χ1n) is 12.7. The van der Waals surface area contributed by atoms with Gasteiger partial charge < -0.3 is 20.0 Å². The van der Waals surface area contributed by atoms with Crippen molar-refractivity contribution in [3.8, 4) is 22.7 Å². The van der Waals surface area contributed by atoms with Crippen molar-refractivity contribution in [1.82, 2.24) is 29.8 Å². The number of nitrogens with one attached hydrogen (secondary N) is 3. The number of pyridine rings is 1. The van der Waals surface area contributed by atoms with Gasteiger partial charge in [-0.15, -0.1) is 0 Å². The highest BCUT2D eigenvalue weighted by molar-refractivity contribution is 6.01. The third-order valence-corrected chi connectivity index (χ3v) is 6.34. The molecule has 2 aromatic carbocycles. The number of oxazole rings is 1. The van der Waals surface area contributed by atoms with E-state index in [9.17, 15) is 14.4 Å². The first-order chi connectivity index (χ1) is 20.0. The van der Waals surface area contributed by atoms with E-state index < -0.39 is 17.4 Å². The average Bonchev–Trinajstić information content (AvgIpc) is 3.67. The van der Waals surface area contributed by atoms with Crippen LogP contribution in [0.4, 0.5) is 5.69 Å². The molecule has 2 amide bonds. The van der Waals surface area contributed by atoms with Gasteiger partial charge in [-0.2, -0.15) is 0 Å². The van der Waals surface area contributed by atoms with Crippen LogP contribution >= 0.6 is 0 Å². The molecule has 0 atom stereocenters. The molecule has 0 aliphatic rings. The normalized spacial score (nSPS) is 10.9. The van der Waals surface area contributed by atoms with Crippen LogP contribution < -0.4 is 16.2 Å². The lowest BCUT2D eigenvalue weighted by molar-refractivity contribution is -0.121. The van der Waals surface area contributed by atoms with E-state index in [1.807, 2.05) is 48.5 Å². The second-order valence-electron chi connectivity index (χ2n) is 9.14. The summed E-state index contributed by atoms with van der Waals surface area (Å²) in [7, 11) is 0. The number of nitrogens with zero attached hydrogens (tertiary/aromatic N) is 4. The van der Waals surface area contributed by atoms with Gasteiger partial charge >= 0.3 is 5.91 Å². The van der Waals surface area contributed by atoms with E-state index in [-0.39, 0.29) is 30.5 Å². The molecule has 0 aliphatic carbocycles. The summed E-state index contributed by atoms with van der Waals surface area (Å²) in [6.07, 6.45) is 6.11. The number of H-pyrrole nitrogens is 1. The summed E-state index contributed by atoms with van der Waals surface area (Å²) in [4.78, 5) is 55.2. The zero-order valence-corrected chi connectivity index (χ0v) is 21.6. The largest absolute Gasteiger partial charge is 0.432 e. The van der Waals surface area contributed by atoms with Gasteiger partial charge in [-0.05, 0) is 12.1 Å². The monoisotopic (exact) mass is 545 g/mol. The highest BCUT2D eigenvalue weighted by Crippen LogP contribution is 2.21. The van der Waals surface area contributed by atoms with Crippen LogP contribution in [0.5, 0.6) is 0 Å². The van der Waals surface area contributed by atoms with Crippen LogP contribution in [0.3, 0.4) is 0 Å². The Kier molecular flexibility index (Phi) is 6.89. The van der Waals surface area contributed by atoms with Gasteiger partial charge in [0.2, 0.25) is 5.91 Å². The number of rotatable bonds is 8. The Hall–Kier alpha value is -5.84. The summed E-state index contributed by atoms with van der Waals surface area (Å²) in [6.45, 7) is -0.0978. The predicted octanol–water partition coefficient (Wildman–Crippen LogP) is 4.01. The smallest absolute Gasteiger partial charge is 0.311 e. The molecule has 4 aromatic heterocycles. The second-order valence-corrected chi connectivity index (χ2v) is 9.14. The number of aromatic amines is 1. The summed E-state index contributed by atoms with van der Waals surface area (Å²) >= 11 is 0. The molecule has 0 saturated heterocycles. The number of benzene rings is 2. The van der Waals surface area contributed by atoms with Gasteiger partial charge in [-0.3, -0.25) is 23.9 Å². The molecule has 41 heavy (non-hydrogen) atoms. The van der Waals surface area contributed by atoms with Gasteiger partial charge in [-0.25, -0.2) is 9.97 Å². The van der Waals surface area contributed by atoms with Crippen molar-refractivity contribution in [2.45, 2.75) is 13.1 Å². The molecule has 0 bridgehead atoms. The van der Waals surface area contributed by atoms with E-state index in [4.69, 9.17) is 4.42 Å². The fourth-order valence-corrected chi connectivity index (χ4v) is 4.35. The Morgan fingerprint density at radius 2 is 1.66 bits per heavy atom. The van der Waals surface area contributed by atoms with Crippen molar-refractivity contribution in [1.29, 1.82) is 0 Å². The van der Waals surface area contributed by atoms with E-state index in [0.29, 0.717) is 11.3 Å². The van der Waals surface area contributed by atoms with E-state index in [1.165, 1.54) is 17.0 Å². The first-order valence-corrected chi connectivity index (χ1v) is 12.7. The Bertz CT molecular complexity index is 1880. The van der Waals surface area contributed by atoms with E-state index >= 15 is 0 Å². The van der Waals surface area contributed by atoms with Crippen LogP contribution in [0.1, 0.15) is 16.4 Å². The summed E-state index contributed by atoms with van der Waals surface area (Å²) in [5.74, 6) is -0.654. The topological polar surface area (TPSA) is 148 Å². The van der Waals surface area contributed by atoms with Crippen molar-refractivity contribution in [3.05, 3.63) is 120 Å². The molecule has 3 N–H and O–H groups in total. The first kappa shape index (κ1) is 25.4. The van der Waals surface area contributed by atoms with Crippen LogP contribution in [0.2, 0.25) is 0 Å². The number of carbonyl (C=O) groups excluding carboxylic acids is 2.